The van der Waals surface area contributed by atoms with E-state index in [4.69, 9.17) is 0 Å². The van der Waals surface area contributed by atoms with Gasteiger partial charge in [-0.1, -0.05) is 0 Å². The molecule has 2 heterocycles. The predicted molar refractivity (Wildman–Crippen MR) is 49.7 cm³/mol. The van der Waals surface area contributed by atoms with Crippen LogP contribution in [0, 0.1) is 0 Å². The number of urea groups is 1. The Morgan fingerprint density at radius 2 is 2.50 bits per heavy atom. The summed E-state index contributed by atoms with van der Waals surface area (Å²) in [7, 11) is 1.90. The molecule has 1 saturated heterocycles. The van der Waals surface area contributed by atoms with Crippen molar-refractivity contribution in [2.24, 2.45) is 7.05 Å². The van der Waals surface area contributed by atoms with E-state index in [-0.39, 0.29) is 6.03 Å². The summed E-state index contributed by atoms with van der Waals surface area (Å²) in [5.74, 6) is 0.907. The minimum Gasteiger partial charge on any atom is -0.336 e. The number of carbonyl (C=O) groups is 1. The van der Waals surface area contributed by atoms with Gasteiger partial charge in [-0.3, -0.25) is 0 Å². The van der Waals surface area contributed by atoms with Crippen LogP contribution >= 0.6 is 0 Å². The Hall–Kier alpha value is -1.59. The summed E-state index contributed by atoms with van der Waals surface area (Å²) < 4.78 is 1.87. The zero-order chi connectivity index (χ0) is 9.97. The maximum Gasteiger partial charge on any atom is 0.317 e. The molecule has 1 aliphatic rings. The molecule has 0 bridgehead atoms. The van der Waals surface area contributed by atoms with Crippen LogP contribution in [0.1, 0.15) is 5.82 Å². The average molecular weight is 195 g/mol. The summed E-state index contributed by atoms with van der Waals surface area (Å²) in [4.78, 5) is 13.0. The zero-order valence-electron chi connectivity index (χ0n) is 8.10. The van der Waals surface area contributed by atoms with Crippen LogP contribution in [-0.4, -0.2) is 45.3 Å². The lowest BCUT2D eigenvalue weighted by Crippen LogP contribution is -2.30. The van der Waals surface area contributed by atoms with Crippen LogP contribution in [0.3, 0.4) is 0 Å². The Balaban J connectivity index is 1.88. The van der Waals surface area contributed by atoms with Crippen LogP contribution in [0.15, 0.2) is 6.33 Å². The molecular formula is C8H13N5O. The summed E-state index contributed by atoms with van der Waals surface area (Å²) in [5, 5.41) is 10.5. The highest BCUT2D eigenvalue weighted by molar-refractivity contribution is 5.76. The number of aromatic nitrogens is 3. The smallest absolute Gasteiger partial charge is 0.317 e. The molecule has 0 spiro atoms. The van der Waals surface area contributed by atoms with Gasteiger partial charge in [-0.05, 0) is 0 Å². The van der Waals surface area contributed by atoms with E-state index < -0.39 is 0 Å². The third kappa shape index (κ3) is 1.68. The second-order valence-corrected chi connectivity index (χ2v) is 3.33. The number of hydrogen-bond donors (Lipinski definition) is 1. The van der Waals surface area contributed by atoms with Crippen molar-refractivity contribution in [2.75, 3.05) is 19.6 Å². The minimum absolute atomic E-state index is 0.0205. The van der Waals surface area contributed by atoms with E-state index in [0.29, 0.717) is 6.54 Å². The van der Waals surface area contributed by atoms with Gasteiger partial charge in [0.1, 0.15) is 12.2 Å². The molecule has 6 heteroatoms. The van der Waals surface area contributed by atoms with Gasteiger partial charge in [-0.25, -0.2) is 4.79 Å². The molecule has 1 aromatic heterocycles. The number of nitrogens with zero attached hydrogens (tertiary/aromatic N) is 4. The van der Waals surface area contributed by atoms with Gasteiger partial charge in [0, 0.05) is 33.1 Å². The van der Waals surface area contributed by atoms with Crippen LogP contribution in [0.5, 0.6) is 0 Å². The van der Waals surface area contributed by atoms with Gasteiger partial charge >= 0.3 is 6.03 Å². The first-order valence-corrected chi connectivity index (χ1v) is 4.63. The third-order valence-electron chi connectivity index (χ3n) is 2.36. The lowest BCUT2D eigenvalue weighted by Gasteiger charge is -2.12. The Labute approximate surface area is 81.9 Å². The van der Waals surface area contributed by atoms with E-state index >= 15 is 0 Å². The molecule has 2 amide bonds. The van der Waals surface area contributed by atoms with Gasteiger partial charge < -0.3 is 14.8 Å². The first kappa shape index (κ1) is 8.98. The van der Waals surface area contributed by atoms with Crippen LogP contribution < -0.4 is 5.32 Å². The molecular weight excluding hydrogens is 182 g/mol. The van der Waals surface area contributed by atoms with E-state index in [0.717, 1.165) is 25.3 Å². The lowest BCUT2D eigenvalue weighted by atomic mass is 10.4. The molecule has 0 atom stereocenters. The molecule has 6 nitrogen and oxygen atoms in total. The van der Waals surface area contributed by atoms with Gasteiger partial charge in [-0.2, -0.15) is 0 Å². The second-order valence-electron chi connectivity index (χ2n) is 3.33. The summed E-state index contributed by atoms with van der Waals surface area (Å²) in [6, 6.07) is 0.0205. The third-order valence-corrected chi connectivity index (χ3v) is 2.36. The number of amides is 2. The highest BCUT2D eigenvalue weighted by Gasteiger charge is 2.19. The van der Waals surface area contributed by atoms with Crippen molar-refractivity contribution in [1.29, 1.82) is 0 Å². The first-order valence-electron chi connectivity index (χ1n) is 4.63. The molecule has 0 aliphatic carbocycles. The highest BCUT2D eigenvalue weighted by atomic mass is 16.2. The van der Waals surface area contributed by atoms with Gasteiger partial charge in [0.25, 0.3) is 0 Å². The van der Waals surface area contributed by atoms with Crippen molar-refractivity contribution < 1.29 is 4.79 Å². The first-order chi connectivity index (χ1) is 6.77. The Morgan fingerprint density at radius 3 is 3.07 bits per heavy atom. The fraction of sp³-hybridized carbons (Fsp3) is 0.625. The molecule has 1 aliphatic heterocycles. The van der Waals surface area contributed by atoms with Crippen molar-refractivity contribution in [3.63, 3.8) is 0 Å². The molecule has 14 heavy (non-hydrogen) atoms. The van der Waals surface area contributed by atoms with Gasteiger partial charge in [-0.15, -0.1) is 10.2 Å². The van der Waals surface area contributed by atoms with E-state index in [1.165, 1.54) is 0 Å². The number of carbonyl (C=O) groups excluding carboxylic acids is 1. The largest absolute Gasteiger partial charge is 0.336 e. The maximum absolute atomic E-state index is 11.2. The summed E-state index contributed by atoms with van der Waals surface area (Å²) >= 11 is 0. The second kappa shape index (κ2) is 3.65. The topological polar surface area (TPSA) is 63.1 Å². The van der Waals surface area contributed by atoms with Gasteiger partial charge in [0.05, 0.1) is 0 Å². The van der Waals surface area contributed by atoms with Crippen molar-refractivity contribution in [3.05, 3.63) is 12.2 Å². The fourth-order valence-electron chi connectivity index (χ4n) is 1.49. The normalized spacial score (nSPS) is 16.1. The fourth-order valence-corrected chi connectivity index (χ4v) is 1.49. The number of aryl methyl sites for hydroxylation is 1. The Morgan fingerprint density at radius 1 is 1.64 bits per heavy atom. The quantitative estimate of drug-likeness (QED) is 0.699. The highest BCUT2D eigenvalue weighted by Crippen LogP contribution is 2.00. The monoisotopic (exact) mass is 195 g/mol. The SMILES string of the molecule is Cn1cnnc1CCN1CCNC1=O. The number of hydrogen-bond acceptors (Lipinski definition) is 3. The van der Waals surface area contributed by atoms with Gasteiger partial charge in [0.15, 0.2) is 0 Å². The van der Waals surface area contributed by atoms with Crippen LogP contribution in [-0.2, 0) is 13.5 Å². The molecule has 0 radical (unpaired) electrons. The molecule has 1 fully saturated rings. The molecule has 76 valence electrons. The number of nitrogens with one attached hydrogen (secondary N) is 1. The standard InChI is InChI=1S/C8H13N5O/c1-12-6-10-11-7(12)2-4-13-5-3-9-8(13)14/h6H,2-5H2,1H3,(H,9,14). The number of rotatable bonds is 3. The zero-order valence-corrected chi connectivity index (χ0v) is 8.10. The molecule has 1 N–H and O–H groups in total. The van der Waals surface area contributed by atoms with E-state index in [1.54, 1.807) is 11.2 Å². The van der Waals surface area contributed by atoms with Crippen molar-refractivity contribution in [1.82, 2.24) is 25.0 Å². The van der Waals surface area contributed by atoms with Crippen molar-refractivity contribution in [2.45, 2.75) is 6.42 Å². The average Bonchev–Trinajstić information content (AvgIpc) is 2.72. The molecule has 0 unspecified atom stereocenters. The van der Waals surface area contributed by atoms with E-state index in [9.17, 15) is 4.79 Å². The Kier molecular flexibility index (Phi) is 2.34. The maximum atomic E-state index is 11.2. The Bertz CT molecular complexity index is 334. The molecule has 1 aromatic rings. The van der Waals surface area contributed by atoms with Gasteiger partial charge in [0.2, 0.25) is 0 Å². The molecule has 0 aromatic carbocycles. The van der Waals surface area contributed by atoms with Crippen LogP contribution in [0.4, 0.5) is 4.79 Å². The summed E-state index contributed by atoms with van der Waals surface area (Å²) in [6.45, 7) is 2.24. The molecule has 0 saturated carbocycles. The van der Waals surface area contributed by atoms with Crippen LogP contribution in [0.2, 0.25) is 0 Å². The lowest BCUT2D eigenvalue weighted by molar-refractivity contribution is 0.217. The van der Waals surface area contributed by atoms with E-state index in [1.807, 2.05) is 11.6 Å². The summed E-state index contributed by atoms with van der Waals surface area (Å²) in [6.07, 6.45) is 2.42. The summed E-state index contributed by atoms with van der Waals surface area (Å²) in [5.41, 5.74) is 0. The van der Waals surface area contributed by atoms with E-state index in [2.05, 4.69) is 15.5 Å². The minimum atomic E-state index is 0.0205. The predicted octanol–water partition coefficient (Wildman–Crippen LogP) is -0.617. The molecule has 2 rings (SSSR count). The van der Waals surface area contributed by atoms with Crippen molar-refractivity contribution in [3.8, 4) is 0 Å². The van der Waals surface area contributed by atoms with Crippen LogP contribution in [0.25, 0.3) is 0 Å². The van der Waals surface area contributed by atoms with Crippen molar-refractivity contribution >= 4 is 6.03 Å².